The number of amidine groups is 1. The second-order valence-electron chi connectivity index (χ2n) is 5.74. The van der Waals surface area contributed by atoms with E-state index in [1.54, 1.807) is 0 Å². The van der Waals surface area contributed by atoms with Crippen LogP contribution in [0.15, 0.2) is 40.2 Å². The maximum atomic E-state index is 12.2. The van der Waals surface area contributed by atoms with Crippen LogP contribution in [0.25, 0.3) is 0 Å². The Morgan fingerprint density at radius 1 is 1.23 bits per heavy atom. The molecule has 0 aromatic heterocycles. The fraction of sp³-hybridized carbons (Fsp3) is 0.562. The van der Waals surface area contributed by atoms with Crippen molar-refractivity contribution in [2.75, 3.05) is 45.0 Å². The number of aliphatic imine (C=N–C) groups is 1. The molecule has 2 heterocycles. The van der Waals surface area contributed by atoms with E-state index in [-0.39, 0.29) is 0 Å². The van der Waals surface area contributed by atoms with Crippen LogP contribution in [0.3, 0.4) is 0 Å². The maximum absolute atomic E-state index is 12.2. The Kier molecular flexibility index (Phi) is 5.55. The predicted octanol–water partition coefficient (Wildman–Crippen LogP) is 1.90. The van der Waals surface area contributed by atoms with Gasteiger partial charge >= 0.3 is 0 Å². The van der Waals surface area contributed by atoms with Gasteiger partial charge in [0.2, 0.25) is 0 Å². The van der Waals surface area contributed by atoms with E-state index in [1.165, 1.54) is 5.17 Å². The van der Waals surface area contributed by atoms with Crippen molar-refractivity contribution in [3.05, 3.63) is 30.3 Å². The third-order valence-electron chi connectivity index (χ3n) is 4.03. The summed E-state index contributed by atoms with van der Waals surface area (Å²) in [7, 11) is -0.884. The van der Waals surface area contributed by atoms with Gasteiger partial charge in [-0.05, 0) is 12.1 Å². The van der Waals surface area contributed by atoms with Gasteiger partial charge in [-0.2, -0.15) is 0 Å². The van der Waals surface area contributed by atoms with Crippen LogP contribution in [0, 0.1) is 0 Å². The van der Waals surface area contributed by atoms with E-state index >= 15 is 0 Å². The highest BCUT2D eigenvalue weighted by atomic mass is 32.2. The second kappa shape index (κ2) is 7.62. The van der Waals surface area contributed by atoms with Crippen LogP contribution in [0.5, 0.6) is 0 Å². The lowest BCUT2D eigenvalue weighted by atomic mass is 10.3. The molecule has 1 saturated heterocycles. The fourth-order valence-electron chi connectivity index (χ4n) is 2.70. The van der Waals surface area contributed by atoms with Gasteiger partial charge in [0.25, 0.3) is 0 Å². The zero-order chi connectivity index (χ0) is 15.4. The van der Waals surface area contributed by atoms with Crippen LogP contribution >= 0.6 is 11.8 Å². The molecule has 0 bridgehead atoms. The third kappa shape index (κ3) is 4.12. The summed E-state index contributed by atoms with van der Waals surface area (Å²) in [6.45, 7) is 8.25. The smallest absolute Gasteiger partial charge is 0.159 e. The zero-order valence-electron chi connectivity index (χ0n) is 13.0. The minimum Gasteiger partial charge on any atom is -0.349 e. The van der Waals surface area contributed by atoms with Crippen molar-refractivity contribution in [3.63, 3.8) is 0 Å². The Hall–Kier alpha value is -0.850. The van der Waals surface area contributed by atoms with Crippen LogP contribution in [0.4, 0.5) is 0 Å². The molecule has 0 radical (unpaired) electrons. The van der Waals surface area contributed by atoms with E-state index in [4.69, 9.17) is 0 Å². The number of nitrogens with zero attached hydrogens (tertiary/aromatic N) is 3. The van der Waals surface area contributed by atoms with E-state index in [9.17, 15) is 4.21 Å². The van der Waals surface area contributed by atoms with Gasteiger partial charge < -0.3 is 4.90 Å². The highest BCUT2D eigenvalue weighted by Gasteiger charge is 2.24. The van der Waals surface area contributed by atoms with Crippen LogP contribution in [0.1, 0.15) is 6.92 Å². The molecule has 0 aliphatic carbocycles. The number of benzene rings is 1. The first-order valence-corrected chi connectivity index (χ1v) is 10.0. The van der Waals surface area contributed by atoms with Crippen molar-refractivity contribution in [1.29, 1.82) is 0 Å². The standard InChI is InChI=1S/C16H23N3OS2/c1-14-13-17-16(21-14)19-9-7-18(8-10-19)11-12-22(20)15-5-3-2-4-6-15/h2-6,14H,7-13H2,1H3. The van der Waals surface area contributed by atoms with Crippen LogP contribution in [0.2, 0.25) is 0 Å². The molecule has 2 unspecified atom stereocenters. The molecule has 2 aliphatic rings. The number of hydrogen-bond donors (Lipinski definition) is 0. The Morgan fingerprint density at radius 2 is 1.95 bits per heavy atom. The summed E-state index contributed by atoms with van der Waals surface area (Å²) >= 11 is 1.90. The molecule has 4 nitrogen and oxygen atoms in total. The molecule has 120 valence electrons. The molecule has 1 aromatic rings. The Bertz CT molecular complexity index is 542. The third-order valence-corrected chi connectivity index (χ3v) is 6.53. The molecule has 2 atom stereocenters. The first-order valence-electron chi connectivity index (χ1n) is 7.84. The summed E-state index contributed by atoms with van der Waals surface area (Å²) in [4.78, 5) is 10.4. The summed E-state index contributed by atoms with van der Waals surface area (Å²) in [6, 6.07) is 9.76. The molecular formula is C16H23N3OS2. The summed E-state index contributed by atoms with van der Waals surface area (Å²) in [5.74, 6) is 0.719. The molecule has 1 fully saturated rings. The Balaban J connectivity index is 1.42. The largest absolute Gasteiger partial charge is 0.349 e. The molecule has 1 aromatic carbocycles. The van der Waals surface area contributed by atoms with Crippen molar-refractivity contribution < 1.29 is 4.21 Å². The second-order valence-corrected chi connectivity index (χ2v) is 8.72. The van der Waals surface area contributed by atoms with Gasteiger partial charge in [0.15, 0.2) is 5.17 Å². The lowest BCUT2D eigenvalue weighted by Gasteiger charge is -2.35. The van der Waals surface area contributed by atoms with Crippen molar-refractivity contribution in [1.82, 2.24) is 9.80 Å². The SMILES string of the molecule is CC1CN=C(N2CCN(CCS(=O)c3ccccc3)CC2)S1. The highest BCUT2D eigenvalue weighted by molar-refractivity contribution is 8.14. The molecule has 22 heavy (non-hydrogen) atoms. The van der Waals surface area contributed by atoms with Gasteiger partial charge in [-0.25, -0.2) is 0 Å². The van der Waals surface area contributed by atoms with Gasteiger partial charge in [0, 0.05) is 48.6 Å². The van der Waals surface area contributed by atoms with Gasteiger partial charge in [0.05, 0.1) is 17.3 Å². The molecule has 0 N–H and O–H groups in total. The van der Waals surface area contributed by atoms with Crippen LogP contribution in [-0.2, 0) is 10.8 Å². The first-order chi connectivity index (χ1) is 10.7. The Labute approximate surface area is 139 Å². The van der Waals surface area contributed by atoms with E-state index in [0.29, 0.717) is 5.25 Å². The topological polar surface area (TPSA) is 35.9 Å². The minimum atomic E-state index is -0.884. The molecule has 3 rings (SSSR count). The van der Waals surface area contributed by atoms with Gasteiger partial charge in [-0.3, -0.25) is 14.1 Å². The van der Waals surface area contributed by atoms with E-state index < -0.39 is 10.8 Å². The van der Waals surface area contributed by atoms with E-state index in [1.807, 2.05) is 42.1 Å². The number of hydrogen-bond acceptors (Lipinski definition) is 5. The molecule has 0 amide bonds. The molecule has 0 spiro atoms. The lowest BCUT2D eigenvalue weighted by molar-refractivity contribution is 0.193. The van der Waals surface area contributed by atoms with Gasteiger partial charge in [-0.15, -0.1) is 0 Å². The monoisotopic (exact) mass is 337 g/mol. The van der Waals surface area contributed by atoms with Gasteiger partial charge in [0.1, 0.15) is 0 Å². The number of piperazine rings is 1. The summed E-state index contributed by atoms with van der Waals surface area (Å²) in [5.41, 5.74) is 0. The summed E-state index contributed by atoms with van der Waals surface area (Å²) < 4.78 is 12.2. The van der Waals surface area contributed by atoms with Crippen molar-refractivity contribution in [3.8, 4) is 0 Å². The number of rotatable bonds is 4. The van der Waals surface area contributed by atoms with Gasteiger partial charge in [-0.1, -0.05) is 36.9 Å². The molecular weight excluding hydrogens is 314 g/mol. The van der Waals surface area contributed by atoms with E-state index in [2.05, 4.69) is 21.7 Å². The molecule has 6 heteroatoms. The summed E-state index contributed by atoms with van der Waals surface area (Å²) in [5, 5.41) is 1.85. The summed E-state index contributed by atoms with van der Waals surface area (Å²) in [6.07, 6.45) is 0. The highest BCUT2D eigenvalue weighted by Crippen LogP contribution is 2.23. The van der Waals surface area contributed by atoms with Crippen molar-refractivity contribution in [2.45, 2.75) is 17.1 Å². The average Bonchev–Trinajstić information content (AvgIpc) is 3.00. The lowest BCUT2D eigenvalue weighted by Crippen LogP contribution is -2.48. The van der Waals surface area contributed by atoms with Crippen LogP contribution in [-0.4, -0.2) is 69.4 Å². The van der Waals surface area contributed by atoms with E-state index in [0.717, 1.165) is 49.9 Å². The van der Waals surface area contributed by atoms with Crippen LogP contribution < -0.4 is 0 Å². The quantitative estimate of drug-likeness (QED) is 0.841. The zero-order valence-corrected chi connectivity index (χ0v) is 14.6. The maximum Gasteiger partial charge on any atom is 0.159 e. The fourth-order valence-corrected chi connectivity index (χ4v) is 4.81. The predicted molar refractivity (Wildman–Crippen MR) is 95.1 cm³/mol. The van der Waals surface area contributed by atoms with Crippen molar-refractivity contribution >= 4 is 27.7 Å². The Morgan fingerprint density at radius 3 is 2.59 bits per heavy atom. The molecule has 2 aliphatic heterocycles. The minimum absolute atomic E-state index is 0.626. The van der Waals surface area contributed by atoms with Crippen molar-refractivity contribution in [2.24, 2.45) is 4.99 Å². The molecule has 0 saturated carbocycles. The normalized spacial score (nSPS) is 24.3. The average molecular weight is 338 g/mol. The first kappa shape index (κ1) is 16.0. The number of thioether (sulfide) groups is 1.